The lowest BCUT2D eigenvalue weighted by Crippen LogP contribution is -1.96. The highest BCUT2D eigenvalue weighted by atomic mass is 16.5. The van der Waals surface area contributed by atoms with Crippen molar-refractivity contribution in [2.24, 2.45) is 0 Å². The third-order valence-electron chi connectivity index (χ3n) is 2.46. The van der Waals surface area contributed by atoms with Gasteiger partial charge in [0, 0.05) is 17.8 Å². The molecular weight excluding hydrogens is 228 g/mol. The van der Waals surface area contributed by atoms with E-state index in [2.05, 4.69) is 15.0 Å². The smallest absolute Gasteiger partial charge is 0.323 e. The van der Waals surface area contributed by atoms with Gasteiger partial charge in [-0.25, -0.2) is 4.98 Å². The van der Waals surface area contributed by atoms with Gasteiger partial charge in [-0.15, -0.1) is 0 Å². The summed E-state index contributed by atoms with van der Waals surface area (Å²) in [7, 11) is 0. The Morgan fingerprint density at radius 1 is 0.944 bits per heavy atom. The zero-order valence-corrected chi connectivity index (χ0v) is 9.45. The second kappa shape index (κ2) is 4.29. The molecular formula is C13H10N4O. The summed E-state index contributed by atoms with van der Waals surface area (Å²) < 4.78 is 5.63. The highest BCUT2D eigenvalue weighted by molar-refractivity contribution is 5.84. The zero-order valence-electron chi connectivity index (χ0n) is 9.45. The molecule has 0 aliphatic heterocycles. The van der Waals surface area contributed by atoms with Gasteiger partial charge in [0.15, 0.2) is 0 Å². The van der Waals surface area contributed by atoms with Gasteiger partial charge in [0.05, 0.1) is 5.52 Å². The minimum atomic E-state index is 0.228. The molecule has 1 aromatic carbocycles. The molecule has 0 spiro atoms. The summed E-state index contributed by atoms with van der Waals surface area (Å²) in [6.07, 6.45) is 3.30. The van der Waals surface area contributed by atoms with Crippen molar-refractivity contribution in [1.29, 1.82) is 0 Å². The van der Waals surface area contributed by atoms with Gasteiger partial charge in [-0.2, -0.15) is 4.98 Å². The summed E-state index contributed by atoms with van der Waals surface area (Å²) >= 11 is 0. The molecule has 0 aliphatic rings. The van der Waals surface area contributed by atoms with Crippen LogP contribution in [-0.2, 0) is 0 Å². The highest BCUT2D eigenvalue weighted by Gasteiger charge is 2.05. The minimum absolute atomic E-state index is 0.228. The molecule has 2 heterocycles. The number of nitrogens with two attached hydrogens (primary N) is 1. The van der Waals surface area contributed by atoms with E-state index in [4.69, 9.17) is 10.5 Å². The van der Waals surface area contributed by atoms with Crippen molar-refractivity contribution < 1.29 is 4.74 Å². The lowest BCUT2D eigenvalue weighted by Gasteiger charge is -2.06. The summed E-state index contributed by atoms with van der Waals surface area (Å²) in [4.78, 5) is 12.3. The van der Waals surface area contributed by atoms with Gasteiger partial charge >= 0.3 is 6.01 Å². The van der Waals surface area contributed by atoms with Crippen LogP contribution in [0.3, 0.4) is 0 Å². The molecule has 0 radical (unpaired) electrons. The minimum Gasteiger partial charge on any atom is -0.424 e. The maximum atomic E-state index is 5.63. The van der Waals surface area contributed by atoms with Crippen LogP contribution < -0.4 is 10.5 Å². The summed E-state index contributed by atoms with van der Waals surface area (Å²) in [6.45, 7) is 0. The predicted molar refractivity (Wildman–Crippen MR) is 68.3 cm³/mol. The Bertz CT molecular complexity index is 694. The molecule has 2 aromatic heterocycles. The van der Waals surface area contributed by atoms with Crippen molar-refractivity contribution in [3.63, 3.8) is 0 Å². The number of aromatic nitrogens is 3. The fourth-order valence-electron chi connectivity index (χ4n) is 1.67. The summed E-state index contributed by atoms with van der Waals surface area (Å²) in [5.74, 6) is 1.03. The number of nitrogens with zero attached hydrogens (tertiary/aromatic N) is 3. The molecule has 88 valence electrons. The number of pyridine rings is 1. The van der Waals surface area contributed by atoms with Crippen molar-refractivity contribution in [2.75, 3.05) is 5.73 Å². The average molecular weight is 238 g/mol. The molecule has 0 amide bonds. The van der Waals surface area contributed by atoms with Gasteiger partial charge in [0.1, 0.15) is 11.6 Å². The van der Waals surface area contributed by atoms with Crippen molar-refractivity contribution in [2.45, 2.75) is 0 Å². The van der Waals surface area contributed by atoms with Crippen LogP contribution in [0.4, 0.5) is 5.82 Å². The van der Waals surface area contributed by atoms with Crippen molar-refractivity contribution >= 4 is 16.7 Å². The lowest BCUT2D eigenvalue weighted by atomic mass is 10.2. The van der Waals surface area contributed by atoms with Crippen LogP contribution in [0.2, 0.25) is 0 Å². The quantitative estimate of drug-likeness (QED) is 0.742. The second-order valence-corrected chi connectivity index (χ2v) is 3.69. The number of rotatable bonds is 2. The molecule has 3 aromatic rings. The fourth-order valence-corrected chi connectivity index (χ4v) is 1.67. The van der Waals surface area contributed by atoms with E-state index < -0.39 is 0 Å². The molecule has 18 heavy (non-hydrogen) atoms. The van der Waals surface area contributed by atoms with E-state index in [-0.39, 0.29) is 6.01 Å². The van der Waals surface area contributed by atoms with Gasteiger partial charge < -0.3 is 10.5 Å². The number of fused-ring (bicyclic) bond motifs is 1. The topological polar surface area (TPSA) is 73.9 Å². The Kier molecular flexibility index (Phi) is 2.49. The van der Waals surface area contributed by atoms with E-state index in [1.54, 1.807) is 18.5 Å². The maximum Gasteiger partial charge on any atom is 0.323 e. The number of anilines is 1. The third-order valence-corrected chi connectivity index (χ3v) is 2.46. The van der Waals surface area contributed by atoms with E-state index in [9.17, 15) is 0 Å². The normalized spacial score (nSPS) is 10.4. The van der Waals surface area contributed by atoms with E-state index in [0.29, 0.717) is 11.6 Å². The predicted octanol–water partition coefficient (Wildman–Crippen LogP) is 2.40. The molecule has 3 rings (SSSR count). The lowest BCUT2D eigenvalue weighted by molar-refractivity contribution is 0.447. The number of hydrogen-bond donors (Lipinski definition) is 1. The van der Waals surface area contributed by atoms with Crippen LogP contribution in [0.15, 0.2) is 48.8 Å². The average Bonchev–Trinajstić information content (AvgIpc) is 2.39. The van der Waals surface area contributed by atoms with Gasteiger partial charge in [0.25, 0.3) is 0 Å². The van der Waals surface area contributed by atoms with Crippen LogP contribution in [0.1, 0.15) is 0 Å². The van der Waals surface area contributed by atoms with Gasteiger partial charge in [0.2, 0.25) is 0 Å². The molecule has 0 fully saturated rings. The van der Waals surface area contributed by atoms with Gasteiger partial charge in [-0.3, -0.25) is 4.98 Å². The Hall–Kier alpha value is -2.69. The second-order valence-electron chi connectivity index (χ2n) is 3.69. The Balaban J connectivity index is 2.05. The van der Waals surface area contributed by atoms with Gasteiger partial charge in [-0.1, -0.05) is 6.07 Å². The van der Waals surface area contributed by atoms with Gasteiger partial charge in [-0.05, 0) is 30.3 Å². The highest BCUT2D eigenvalue weighted by Crippen LogP contribution is 2.26. The van der Waals surface area contributed by atoms with E-state index in [1.807, 2.05) is 30.3 Å². The fraction of sp³-hybridized carbons (Fsp3) is 0. The van der Waals surface area contributed by atoms with Crippen molar-refractivity contribution in [3.05, 3.63) is 48.8 Å². The van der Waals surface area contributed by atoms with E-state index in [0.717, 1.165) is 10.9 Å². The van der Waals surface area contributed by atoms with Crippen molar-refractivity contribution in [3.8, 4) is 11.8 Å². The molecule has 0 unspecified atom stereocenters. The Morgan fingerprint density at radius 2 is 1.89 bits per heavy atom. The molecule has 0 aliphatic carbocycles. The molecule has 5 nitrogen and oxygen atoms in total. The van der Waals surface area contributed by atoms with Crippen LogP contribution in [0.5, 0.6) is 11.8 Å². The summed E-state index contributed by atoms with van der Waals surface area (Å²) in [6, 6.07) is 11.3. The molecule has 0 saturated carbocycles. The molecule has 0 atom stereocenters. The van der Waals surface area contributed by atoms with E-state index >= 15 is 0 Å². The first-order chi connectivity index (χ1) is 8.83. The molecule has 5 heteroatoms. The number of hydrogen-bond acceptors (Lipinski definition) is 5. The molecule has 0 saturated heterocycles. The standard InChI is InChI=1S/C13H10N4O/c14-12-6-8-16-13(17-12)18-11-5-1-4-10-9(11)3-2-7-15-10/h1-8H,(H2,14,16,17). The first-order valence-corrected chi connectivity index (χ1v) is 5.43. The monoisotopic (exact) mass is 238 g/mol. The number of ether oxygens (including phenoxy) is 1. The number of nitrogen functional groups attached to an aromatic ring is 1. The first kappa shape index (κ1) is 10.5. The van der Waals surface area contributed by atoms with Crippen LogP contribution in [0, 0.1) is 0 Å². The SMILES string of the molecule is Nc1ccnc(Oc2cccc3ncccc23)n1. The summed E-state index contributed by atoms with van der Waals surface area (Å²) in [5, 5.41) is 0.908. The van der Waals surface area contributed by atoms with Crippen LogP contribution in [0.25, 0.3) is 10.9 Å². The Morgan fingerprint density at radius 3 is 2.78 bits per heavy atom. The van der Waals surface area contributed by atoms with Crippen LogP contribution in [-0.4, -0.2) is 15.0 Å². The number of benzene rings is 1. The summed E-state index contributed by atoms with van der Waals surface area (Å²) in [5.41, 5.74) is 6.44. The first-order valence-electron chi connectivity index (χ1n) is 5.43. The molecule has 2 N–H and O–H groups in total. The zero-order chi connectivity index (χ0) is 12.4. The van der Waals surface area contributed by atoms with Crippen LogP contribution >= 0.6 is 0 Å². The molecule has 0 bridgehead atoms. The maximum absolute atomic E-state index is 5.63. The van der Waals surface area contributed by atoms with Crippen molar-refractivity contribution in [1.82, 2.24) is 15.0 Å². The third kappa shape index (κ3) is 1.93. The Labute approximate surface area is 103 Å². The van der Waals surface area contributed by atoms with E-state index in [1.165, 1.54) is 0 Å². The largest absolute Gasteiger partial charge is 0.424 e.